The van der Waals surface area contributed by atoms with Gasteiger partial charge in [0.05, 0.1) is 5.56 Å². The van der Waals surface area contributed by atoms with Gasteiger partial charge >= 0.3 is 0 Å². The van der Waals surface area contributed by atoms with Gasteiger partial charge in [0.1, 0.15) is 5.82 Å². The molecule has 1 N–H and O–H groups in total. The van der Waals surface area contributed by atoms with E-state index in [1.165, 1.54) is 6.07 Å². The molecule has 0 bridgehead atoms. The van der Waals surface area contributed by atoms with E-state index in [-0.39, 0.29) is 29.8 Å². The summed E-state index contributed by atoms with van der Waals surface area (Å²) in [5, 5.41) is 6.47. The van der Waals surface area contributed by atoms with E-state index >= 15 is 0 Å². The summed E-state index contributed by atoms with van der Waals surface area (Å²) >= 11 is 0. The largest absolute Gasteiger partial charge is 0.354 e. The Kier molecular flexibility index (Phi) is 4.59. The second kappa shape index (κ2) is 6.82. The third-order valence-corrected chi connectivity index (χ3v) is 4.08. The minimum absolute atomic E-state index is 0.0854. The number of likely N-dealkylation sites (tertiary alicyclic amines) is 1. The molecule has 0 atom stereocenters. The minimum atomic E-state index is -0.415. The monoisotopic (exact) mass is 331 g/mol. The van der Waals surface area contributed by atoms with Gasteiger partial charge in [0.15, 0.2) is 11.6 Å². The summed E-state index contributed by atoms with van der Waals surface area (Å²) < 4.78 is 19.0. The lowest BCUT2D eigenvalue weighted by Crippen LogP contribution is -2.28. The topological polar surface area (TPSA) is 75.4 Å². The Morgan fingerprint density at radius 1 is 1.42 bits per heavy atom. The second-order valence-corrected chi connectivity index (χ2v) is 5.75. The molecule has 2 heterocycles. The van der Waals surface area contributed by atoms with Crippen molar-refractivity contribution >= 4 is 17.6 Å². The molecule has 24 heavy (non-hydrogen) atoms. The quantitative estimate of drug-likeness (QED) is 0.914. The normalized spacial score (nSPS) is 14.2. The lowest BCUT2D eigenvalue weighted by atomic mass is 10.1. The molecule has 3 rings (SSSR count). The molecular formula is C17H18FN3O3. The van der Waals surface area contributed by atoms with Crippen molar-refractivity contribution in [2.45, 2.75) is 26.2 Å². The Labute approximate surface area is 138 Å². The Bertz CT molecular complexity index is 772. The van der Waals surface area contributed by atoms with E-state index in [4.69, 9.17) is 4.52 Å². The Morgan fingerprint density at radius 3 is 2.92 bits per heavy atom. The summed E-state index contributed by atoms with van der Waals surface area (Å²) in [6, 6.07) is 6.22. The molecule has 2 amide bonds. The first-order chi connectivity index (χ1) is 11.6. The maximum atomic E-state index is 13.8. The summed E-state index contributed by atoms with van der Waals surface area (Å²) in [4.78, 5) is 25.2. The van der Waals surface area contributed by atoms with Crippen LogP contribution < -0.4 is 5.32 Å². The molecule has 6 nitrogen and oxygen atoms in total. The van der Waals surface area contributed by atoms with Crippen molar-refractivity contribution in [2.75, 3.05) is 18.4 Å². The summed E-state index contributed by atoms with van der Waals surface area (Å²) in [7, 11) is 0. The van der Waals surface area contributed by atoms with Gasteiger partial charge in [-0.15, -0.1) is 0 Å². The zero-order valence-electron chi connectivity index (χ0n) is 13.3. The molecule has 1 aromatic heterocycles. The number of hydrogen-bond acceptors (Lipinski definition) is 4. The van der Waals surface area contributed by atoms with Crippen LogP contribution in [-0.2, 0) is 9.59 Å². The molecule has 0 spiro atoms. The number of aromatic nitrogens is 1. The number of hydrogen-bond donors (Lipinski definition) is 1. The van der Waals surface area contributed by atoms with Gasteiger partial charge in [-0.3, -0.25) is 9.59 Å². The van der Waals surface area contributed by atoms with Crippen molar-refractivity contribution in [2.24, 2.45) is 0 Å². The second-order valence-electron chi connectivity index (χ2n) is 5.75. The predicted octanol–water partition coefficient (Wildman–Crippen LogP) is 2.74. The third kappa shape index (κ3) is 3.29. The number of carbonyl (C=O) groups excluding carboxylic acids is 2. The number of nitrogens with zero attached hydrogens (tertiary/aromatic N) is 2. The molecule has 0 unspecified atom stereocenters. The van der Waals surface area contributed by atoms with Gasteiger partial charge in [0.2, 0.25) is 11.8 Å². The van der Waals surface area contributed by atoms with Crippen molar-refractivity contribution in [3.05, 3.63) is 35.6 Å². The summed E-state index contributed by atoms with van der Waals surface area (Å²) in [5.41, 5.74) is 0.858. The molecule has 1 saturated heterocycles. The first-order valence-electron chi connectivity index (χ1n) is 7.85. The highest BCUT2D eigenvalue weighted by Crippen LogP contribution is 2.30. The van der Waals surface area contributed by atoms with Crippen LogP contribution in [0.5, 0.6) is 0 Å². The van der Waals surface area contributed by atoms with E-state index in [9.17, 15) is 14.0 Å². The van der Waals surface area contributed by atoms with Gasteiger partial charge in [-0.05, 0) is 25.5 Å². The van der Waals surface area contributed by atoms with Crippen LogP contribution in [0.2, 0.25) is 0 Å². The molecule has 1 aliphatic rings. The fourth-order valence-corrected chi connectivity index (χ4v) is 2.72. The zero-order chi connectivity index (χ0) is 17.1. The number of benzene rings is 1. The molecule has 2 aromatic rings. The van der Waals surface area contributed by atoms with Crippen LogP contribution in [0.25, 0.3) is 11.3 Å². The minimum Gasteiger partial charge on any atom is -0.354 e. The standard InChI is InChI=1S/C17H18FN3O3/c1-11-16(12-5-2-3-6-13(12)18)24-20-17(11)19-14(22)8-10-21-9-4-7-15(21)23/h2-3,5-6H,4,7-10H2,1H3,(H,19,20,22). The van der Waals surface area contributed by atoms with Crippen LogP contribution in [0.1, 0.15) is 24.8 Å². The first kappa shape index (κ1) is 16.2. The van der Waals surface area contributed by atoms with E-state index in [2.05, 4.69) is 10.5 Å². The average molecular weight is 331 g/mol. The van der Waals surface area contributed by atoms with Crippen LogP contribution in [0, 0.1) is 12.7 Å². The van der Waals surface area contributed by atoms with Crippen LogP contribution in [0.15, 0.2) is 28.8 Å². The molecule has 0 aliphatic carbocycles. The van der Waals surface area contributed by atoms with Gasteiger partial charge in [0.25, 0.3) is 0 Å². The SMILES string of the molecule is Cc1c(NC(=O)CCN2CCCC2=O)noc1-c1ccccc1F. The van der Waals surface area contributed by atoms with E-state index in [0.717, 1.165) is 6.42 Å². The van der Waals surface area contributed by atoms with Crippen LogP contribution in [-0.4, -0.2) is 35.0 Å². The van der Waals surface area contributed by atoms with Crippen molar-refractivity contribution in [3.63, 3.8) is 0 Å². The number of amides is 2. The van der Waals surface area contributed by atoms with E-state index in [1.54, 1.807) is 30.0 Å². The molecule has 7 heteroatoms. The lowest BCUT2D eigenvalue weighted by molar-refractivity contribution is -0.128. The van der Waals surface area contributed by atoms with Gasteiger partial charge in [-0.2, -0.15) is 0 Å². The highest BCUT2D eigenvalue weighted by atomic mass is 19.1. The Morgan fingerprint density at radius 2 is 2.21 bits per heavy atom. The molecule has 0 saturated carbocycles. The number of rotatable bonds is 5. The molecule has 0 radical (unpaired) electrons. The van der Waals surface area contributed by atoms with Crippen molar-refractivity contribution in [1.29, 1.82) is 0 Å². The fraction of sp³-hybridized carbons (Fsp3) is 0.353. The first-order valence-corrected chi connectivity index (χ1v) is 7.85. The van der Waals surface area contributed by atoms with Crippen LogP contribution >= 0.6 is 0 Å². The van der Waals surface area contributed by atoms with E-state index in [0.29, 0.717) is 30.6 Å². The molecule has 1 aliphatic heterocycles. The number of carbonyl (C=O) groups is 2. The molecule has 126 valence electrons. The average Bonchev–Trinajstić information content (AvgIpc) is 3.13. The Hall–Kier alpha value is -2.70. The number of anilines is 1. The lowest BCUT2D eigenvalue weighted by Gasteiger charge is -2.14. The van der Waals surface area contributed by atoms with Crippen molar-refractivity contribution in [3.8, 4) is 11.3 Å². The maximum Gasteiger partial charge on any atom is 0.227 e. The van der Waals surface area contributed by atoms with E-state index < -0.39 is 5.82 Å². The Balaban J connectivity index is 1.65. The van der Waals surface area contributed by atoms with Gasteiger partial charge in [-0.1, -0.05) is 17.3 Å². The summed E-state index contributed by atoms with van der Waals surface area (Å²) in [6.07, 6.45) is 1.58. The predicted molar refractivity (Wildman–Crippen MR) is 85.7 cm³/mol. The van der Waals surface area contributed by atoms with Crippen molar-refractivity contribution in [1.82, 2.24) is 10.1 Å². The third-order valence-electron chi connectivity index (χ3n) is 4.08. The fourth-order valence-electron chi connectivity index (χ4n) is 2.72. The highest BCUT2D eigenvalue weighted by molar-refractivity contribution is 5.91. The number of halogens is 1. The smallest absolute Gasteiger partial charge is 0.227 e. The summed E-state index contributed by atoms with van der Waals surface area (Å²) in [5.74, 6) is -0.0280. The van der Waals surface area contributed by atoms with Gasteiger partial charge in [0, 0.05) is 31.5 Å². The number of nitrogens with one attached hydrogen (secondary N) is 1. The molecule has 1 fully saturated rings. The van der Waals surface area contributed by atoms with Gasteiger partial charge in [-0.25, -0.2) is 4.39 Å². The van der Waals surface area contributed by atoms with Crippen LogP contribution in [0.4, 0.5) is 10.2 Å². The van der Waals surface area contributed by atoms with Gasteiger partial charge < -0.3 is 14.7 Å². The summed E-state index contributed by atoms with van der Waals surface area (Å²) in [6.45, 7) is 2.80. The molecule has 1 aromatic carbocycles. The van der Waals surface area contributed by atoms with E-state index in [1.807, 2.05) is 0 Å². The zero-order valence-corrected chi connectivity index (χ0v) is 13.3. The van der Waals surface area contributed by atoms with Crippen molar-refractivity contribution < 1.29 is 18.5 Å². The van der Waals surface area contributed by atoms with Crippen LogP contribution in [0.3, 0.4) is 0 Å². The highest BCUT2D eigenvalue weighted by Gasteiger charge is 2.22. The molecular weight excluding hydrogens is 313 g/mol. The maximum absolute atomic E-state index is 13.8.